The lowest BCUT2D eigenvalue weighted by Gasteiger charge is -2.31. The van der Waals surface area contributed by atoms with Crippen LogP contribution >= 0.6 is 0 Å². The summed E-state index contributed by atoms with van der Waals surface area (Å²) in [4.78, 5) is 25.1. The second-order valence-electron chi connectivity index (χ2n) is 5.79. The van der Waals surface area contributed by atoms with E-state index >= 15 is 0 Å². The van der Waals surface area contributed by atoms with E-state index in [1.807, 2.05) is 0 Å². The molecule has 0 bridgehead atoms. The molecule has 1 fully saturated rings. The van der Waals surface area contributed by atoms with Crippen molar-refractivity contribution in [3.05, 3.63) is 23.8 Å². The summed E-state index contributed by atoms with van der Waals surface area (Å²) in [6.07, 6.45) is 0.260. The van der Waals surface area contributed by atoms with Gasteiger partial charge in [0.25, 0.3) is 5.91 Å². The van der Waals surface area contributed by atoms with Gasteiger partial charge in [0.15, 0.2) is 6.10 Å². The lowest BCUT2D eigenvalue weighted by molar-refractivity contribution is -0.151. The van der Waals surface area contributed by atoms with Crippen LogP contribution in [-0.2, 0) is 20.7 Å². The number of fused-ring (bicyclic) bond motifs is 1. The fraction of sp³-hybridized carbons (Fsp3) is 0.500. The van der Waals surface area contributed by atoms with Crippen LogP contribution in [0.3, 0.4) is 0 Å². The van der Waals surface area contributed by atoms with Crippen LogP contribution in [-0.4, -0.2) is 42.3 Å². The number of hydrogen-bond donors (Lipinski definition) is 1. The first kappa shape index (κ1) is 16.6. The molecule has 2 heterocycles. The van der Waals surface area contributed by atoms with Crippen molar-refractivity contribution in [1.82, 2.24) is 0 Å². The van der Waals surface area contributed by atoms with Crippen LogP contribution in [0.1, 0.15) is 24.8 Å². The minimum atomic E-state index is -2.90. The summed E-state index contributed by atoms with van der Waals surface area (Å²) in [5, 5.41) is 8.96. The Labute approximate surface area is 137 Å². The quantitative estimate of drug-likeness (QED) is 0.909. The van der Waals surface area contributed by atoms with E-state index in [9.17, 15) is 18.4 Å². The lowest BCUT2D eigenvalue weighted by atomic mass is 10.0. The van der Waals surface area contributed by atoms with Gasteiger partial charge in [-0.25, -0.2) is 4.79 Å². The first-order chi connectivity index (χ1) is 11.5. The molecule has 2 atom stereocenters. The van der Waals surface area contributed by atoms with Gasteiger partial charge in [-0.05, 0) is 49.4 Å². The minimum Gasteiger partial charge on any atom is -0.479 e. The Morgan fingerprint density at radius 1 is 1.29 bits per heavy atom. The number of aliphatic carboxylic acids is 1. The van der Waals surface area contributed by atoms with Crippen LogP contribution < -0.4 is 9.64 Å². The molecule has 0 spiro atoms. The number of ether oxygens (including phenoxy) is 2. The maximum Gasteiger partial charge on any atom is 0.387 e. The molecular weight excluding hydrogens is 324 g/mol. The molecule has 2 aliphatic heterocycles. The average molecular weight is 341 g/mol. The highest BCUT2D eigenvalue weighted by Crippen LogP contribution is 2.33. The third-order valence-electron chi connectivity index (χ3n) is 4.23. The summed E-state index contributed by atoms with van der Waals surface area (Å²) < 4.78 is 34.3. The molecule has 0 aliphatic carbocycles. The van der Waals surface area contributed by atoms with Crippen LogP contribution in [0.15, 0.2) is 18.2 Å². The third-order valence-corrected chi connectivity index (χ3v) is 4.23. The predicted octanol–water partition coefficient (Wildman–Crippen LogP) is 2.20. The second kappa shape index (κ2) is 6.72. The largest absolute Gasteiger partial charge is 0.479 e. The highest BCUT2D eigenvalue weighted by Gasteiger charge is 2.38. The zero-order valence-electron chi connectivity index (χ0n) is 12.8. The van der Waals surface area contributed by atoms with Crippen molar-refractivity contribution < 1.29 is 33.0 Å². The normalized spacial score (nSPS) is 23.2. The first-order valence-electron chi connectivity index (χ1n) is 7.73. The zero-order chi connectivity index (χ0) is 17.3. The number of carbonyl (C=O) groups is 2. The molecule has 8 heteroatoms. The number of aryl methyl sites for hydroxylation is 1. The fourth-order valence-corrected chi connectivity index (χ4v) is 3.15. The number of benzene rings is 1. The van der Waals surface area contributed by atoms with Gasteiger partial charge in [-0.1, -0.05) is 0 Å². The zero-order valence-corrected chi connectivity index (χ0v) is 12.8. The van der Waals surface area contributed by atoms with Crippen molar-refractivity contribution in [2.75, 3.05) is 11.4 Å². The summed E-state index contributed by atoms with van der Waals surface area (Å²) in [6.45, 7) is -2.41. The fourth-order valence-electron chi connectivity index (χ4n) is 3.15. The van der Waals surface area contributed by atoms with Crippen LogP contribution in [0.5, 0.6) is 5.75 Å². The number of anilines is 1. The summed E-state index contributed by atoms with van der Waals surface area (Å²) in [5.41, 5.74) is 1.38. The number of amides is 1. The van der Waals surface area contributed by atoms with Crippen molar-refractivity contribution >= 4 is 17.6 Å². The van der Waals surface area contributed by atoms with Gasteiger partial charge in [-0.15, -0.1) is 0 Å². The van der Waals surface area contributed by atoms with E-state index in [1.165, 1.54) is 12.1 Å². The number of carboxylic acids is 1. The van der Waals surface area contributed by atoms with E-state index in [0.717, 1.165) is 5.56 Å². The van der Waals surface area contributed by atoms with E-state index in [1.54, 1.807) is 11.0 Å². The van der Waals surface area contributed by atoms with Gasteiger partial charge in [0, 0.05) is 12.2 Å². The SMILES string of the molecule is O=C(O)[C@H]1CC[C@@H](C(=O)N2CCCc3cc(OC(F)F)ccc32)O1. The van der Waals surface area contributed by atoms with E-state index in [-0.39, 0.29) is 11.7 Å². The monoisotopic (exact) mass is 341 g/mol. The molecule has 1 aromatic rings. The molecule has 3 rings (SSSR count). The summed E-state index contributed by atoms with van der Waals surface area (Å²) in [5.74, 6) is -1.30. The Balaban J connectivity index is 1.77. The van der Waals surface area contributed by atoms with Crippen molar-refractivity contribution in [2.45, 2.75) is 44.5 Å². The van der Waals surface area contributed by atoms with Gasteiger partial charge in [0.2, 0.25) is 0 Å². The number of carboxylic acid groups (broad SMARTS) is 1. The van der Waals surface area contributed by atoms with E-state index in [0.29, 0.717) is 37.9 Å². The van der Waals surface area contributed by atoms with Gasteiger partial charge in [-0.2, -0.15) is 8.78 Å². The molecule has 1 aromatic carbocycles. The third kappa shape index (κ3) is 3.33. The van der Waals surface area contributed by atoms with Crippen molar-refractivity contribution in [3.63, 3.8) is 0 Å². The Morgan fingerprint density at radius 3 is 2.71 bits per heavy atom. The summed E-state index contributed by atoms with van der Waals surface area (Å²) >= 11 is 0. The van der Waals surface area contributed by atoms with Crippen LogP contribution in [0, 0.1) is 0 Å². The molecule has 1 N–H and O–H groups in total. The number of nitrogens with zero attached hydrogens (tertiary/aromatic N) is 1. The molecule has 0 radical (unpaired) electrons. The molecular formula is C16H17F2NO5. The highest BCUT2D eigenvalue weighted by atomic mass is 19.3. The smallest absolute Gasteiger partial charge is 0.387 e. The molecule has 0 unspecified atom stereocenters. The first-order valence-corrected chi connectivity index (χ1v) is 7.73. The molecule has 0 aromatic heterocycles. The van der Waals surface area contributed by atoms with Crippen LogP contribution in [0.4, 0.5) is 14.5 Å². The van der Waals surface area contributed by atoms with Gasteiger partial charge in [0.05, 0.1) is 0 Å². The van der Waals surface area contributed by atoms with Gasteiger partial charge in [0.1, 0.15) is 11.9 Å². The maximum atomic E-state index is 12.7. The van der Waals surface area contributed by atoms with Gasteiger partial charge >= 0.3 is 12.6 Å². The Hall–Kier alpha value is -2.22. The molecule has 24 heavy (non-hydrogen) atoms. The molecule has 6 nitrogen and oxygen atoms in total. The number of alkyl halides is 2. The second-order valence-corrected chi connectivity index (χ2v) is 5.79. The Kier molecular flexibility index (Phi) is 4.66. The van der Waals surface area contributed by atoms with Crippen molar-refractivity contribution in [1.29, 1.82) is 0 Å². The van der Waals surface area contributed by atoms with Crippen LogP contribution in [0.2, 0.25) is 0 Å². The van der Waals surface area contributed by atoms with E-state index in [4.69, 9.17) is 9.84 Å². The molecule has 0 saturated carbocycles. The molecule has 1 saturated heterocycles. The Bertz CT molecular complexity index is 651. The standard InChI is InChI=1S/C16H17F2NO5/c17-16(18)23-10-3-4-11-9(8-10)2-1-7-19(11)14(20)12-5-6-13(24-12)15(21)22/h3-4,8,12-13,16H,1-2,5-7H2,(H,21,22)/t12-,13+/m0/s1. The number of carbonyl (C=O) groups excluding carboxylic acids is 1. The van der Waals surface area contributed by atoms with Crippen LogP contribution in [0.25, 0.3) is 0 Å². The molecule has 2 aliphatic rings. The van der Waals surface area contributed by atoms with Crippen molar-refractivity contribution in [2.24, 2.45) is 0 Å². The lowest BCUT2D eigenvalue weighted by Crippen LogP contribution is -2.42. The van der Waals surface area contributed by atoms with Gasteiger partial charge < -0.3 is 19.5 Å². The number of halogens is 2. The summed E-state index contributed by atoms with van der Waals surface area (Å²) in [6, 6.07) is 4.48. The van der Waals surface area contributed by atoms with Gasteiger partial charge in [-0.3, -0.25) is 4.79 Å². The Morgan fingerprint density at radius 2 is 2.04 bits per heavy atom. The van der Waals surface area contributed by atoms with E-state index in [2.05, 4.69) is 4.74 Å². The van der Waals surface area contributed by atoms with Crippen molar-refractivity contribution in [3.8, 4) is 5.75 Å². The summed E-state index contributed by atoms with van der Waals surface area (Å²) in [7, 11) is 0. The maximum absolute atomic E-state index is 12.7. The van der Waals surface area contributed by atoms with E-state index < -0.39 is 24.8 Å². The molecule has 130 valence electrons. The minimum absolute atomic E-state index is 0.0566. The molecule has 1 amide bonds. The average Bonchev–Trinajstić information content (AvgIpc) is 3.03. The highest BCUT2D eigenvalue weighted by molar-refractivity contribution is 5.98. The predicted molar refractivity (Wildman–Crippen MR) is 79.3 cm³/mol. The topological polar surface area (TPSA) is 76.1 Å². The number of hydrogen-bond acceptors (Lipinski definition) is 4. The number of rotatable bonds is 4.